The van der Waals surface area contributed by atoms with Crippen LogP contribution in [0.3, 0.4) is 0 Å². The van der Waals surface area contributed by atoms with Crippen LogP contribution >= 0.6 is 0 Å². The van der Waals surface area contributed by atoms with Gasteiger partial charge in [0, 0.05) is 6.20 Å². The summed E-state index contributed by atoms with van der Waals surface area (Å²) in [5.74, 6) is -0.497. The van der Waals surface area contributed by atoms with Crippen molar-refractivity contribution in [2.75, 3.05) is 0 Å². The van der Waals surface area contributed by atoms with Crippen LogP contribution in [0.1, 0.15) is 38.1 Å². The second-order valence-corrected chi connectivity index (χ2v) is 5.42. The van der Waals surface area contributed by atoms with E-state index in [2.05, 4.69) is 4.98 Å². The Hall–Kier alpha value is -1.40. The summed E-state index contributed by atoms with van der Waals surface area (Å²) in [7, 11) is -0.517. The fourth-order valence-electron chi connectivity index (χ4n) is 1.65. The van der Waals surface area contributed by atoms with E-state index in [1.807, 2.05) is 27.7 Å². The van der Waals surface area contributed by atoms with E-state index in [0.29, 0.717) is 11.2 Å². The van der Waals surface area contributed by atoms with E-state index in [1.165, 1.54) is 6.20 Å². The first kappa shape index (κ1) is 13.0. The largest absolute Gasteiger partial charge is 0.514 e. The van der Waals surface area contributed by atoms with Crippen LogP contribution in [0.15, 0.2) is 18.3 Å². The Bertz CT molecular complexity index is 455. The number of primary amides is 1. The third-order valence-electron chi connectivity index (χ3n) is 3.57. The molecule has 0 unspecified atom stereocenters. The molecule has 0 bridgehead atoms. The molecule has 1 saturated heterocycles. The number of nitrogens with zero attached hydrogens (tertiary/aromatic N) is 1. The maximum Gasteiger partial charge on any atom is 0.514 e. The molecular formula is C12H17BN2O3. The number of carbonyl (C=O) groups excluding carboxylic acids is 1. The van der Waals surface area contributed by atoms with E-state index in [-0.39, 0.29) is 0 Å². The molecule has 5 nitrogen and oxygen atoms in total. The predicted octanol–water partition coefficient (Wildman–Crippen LogP) is 0.480. The number of pyridine rings is 1. The van der Waals surface area contributed by atoms with Gasteiger partial charge < -0.3 is 15.0 Å². The minimum Gasteiger partial charge on any atom is -0.398 e. The summed E-state index contributed by atoms with van der Waals surface area (Å²) in [5.41, 5.74) is 5.37. The standard InChI is InChI=1S/C12H17BN2O3/c1-11(2)12(3,4)18-13(17-11)9-6-5-8(7-15-9)10(14)16/h5-7H,1-4H3,(H2,14,16). The smallest absolute Gasteiger partial charge is 0.398 e. The van der Waals surface area contributed by atoms with Gasteiger partial charge in [0.15, 0.2) is 0 Å². The number of hydrogen-bond donors (Lipinski definition) is 1. The molecule has 1 amide bonds. The van der Waals surface area contributed by atoms with E-state index >= 15 is 0 Å². The van der Waals surface area contributed by atoms with E-state index in [0.717, 1.165) is 0 Å². The maximum atomic E-state index is 11.0. The monoisotopic (exact) mass is 248 g/mol. The average molecular weight is 248 g/mol. The fourth-order valence-corrected chi connectivity index (χ4v) is 1.65. The molecule has 6 heteroatoms. The third-order valence-corrected chi connectivity index (χ3v) is 3.57. The number of nitrogens with two attached hydrogens (primary N) is 1. The van der Waals surface area contributed by atoms with Crippen LogP contribution in [0, 0.1) is 0 Å². The van der Waals surface area contributed by atoms with Gasteiger partial charge in [-0.05, 0) is 39.8 Å². The normalized spacial score (nSPS) is 21.0. The molecule has 2 N–H and O–H groups in total. The second-order valence-electron chi connectivity index (χ2n) is 5.42. The number of aromatic nitrogens is 1. The van der Waals surface area contributed by atoms with Crippen LogP contribution in [-0.2, 0) is 9.31 Å². The minimum absolute atomic E-state index is 0.371. The molecule has 96 valence electrons. The van der Waals surface area contributed by atoms with Crippen molar-refractivity contribution in [1.29, 1.82) is 0 Å². The zero-order valence-electron chi connectivity index (χ0n) is 11.1. The molecule has 2 heterocycles. The predicted molar refractivity (Wildman–Crippen MR) is 68.5 cm³/mol. The maximum absolute atomic E-state index is 11.0. The Balaban J connectivity index is 2.22. The Morgan fingerprint density at radius 1 is 1.22 bits per heavy atom. The highest BCUT2D eigenvalue weighted by atomic mass is 16.7. The molecule has 0 aromatic carbocycles. The summed E-state index contributed by atoms with van der Waals surface area (Å²) in [4.78, 5) is 15.1. The van der Waals surface area contributed by atoms with Crippen LogP contribution in [0.4, 0.5) is 0 Å². The topological polar surface area (TPSA) is 74.4 Å². The molecule has 0 aliphatic carbocycles. The Morgan fingerprint density at radius 3 is 2.17 bits per heavy atom. The number of amides is 1. The van der Waals surface area contributed by atoms with Gasteiger partial charge in [0.05, 0.1) is 22.4 Å². The van der Waals surface area contributed by atoms with Gasteiger partial charge in [0.1, 0.15) is 0 Å². The van der Waals surface area contributed by atoms with Gasteiger partial charge in [-0.25, -0.2) is 0 Å². The molecule has 1 aromatic rings. The van der Waals surface area contributed by atoms with Crippen LogP contribution in [-0.4, -0.2) is 29.2 Å². The first-order chi connectivity index (χ1) is 8.23. The van der Waals surface area contributed by atoms with E-state index in [4.69, 9.17) is 15.0 Å². The lowest BCUT2D eigenvalue weighted by Gasteiger charge is -2.32. The molecule has 1 aliphatic rings. The van der Waals surface area contributed by atoms with E-state index in [1.54, 1.807) is 12.1 Å². The van der Waals surface area contributed by atoms with Gasteiger partial charge in [0.25, 0.3) is 0 Å². The zero-order valence-corrected chi connectivity index (χ0v) is 11.1. The molecular weight excluding hydrogens is 231 g/mol. The first-order valence-corrected chi connectivity index (χ1v) is 5.84. The lowest BCUT2D eigenvalue weighted by Crippen LogP contribution is -2.41. The zero-order chi connectivity index (χ0) is 13.6. The van der Waals surface area contributed by atoms with Crippen molar-refractivity contribution in [3.63, 3.8) is 0 Å². The second kappa shape index (κ2) is 4.07. The molecule has 0 radical (unpaired) electrons. The molecule has 0 atom stereocenters. The molecule has 2 rings (SSSR count). The summed E-state index contributed by atoms with van der Waals surface area (Å²) >= 11 is 0. The van der Waals surface area contributed by atoms with Gasteiger partial charge in [-0.1, -0.05) is 0 Å². The lowest BCUT2D eigenvalue weighted by molar-refractivity contribution is 0.00578. The summed E-state index contributed by atoms with van der Waals surface area (Å²) in [6, 6.07) is 3.32. The summed E-state index contributed by atoms with van der Waals surface area (Å²) < 4.78 is 11.7. The Morgan fingerprint density at radius 2 is 1.78 bits per heavy atom. The van der Waals surface area contributed by atoms with Gasteiger partial charge in [-0.15, -0.1) is 0 Å². The average Bonchev–Trinajstić information content (AvgIpc) is 2.48. The number of carbonyl (C=O) groups is 1. The molecule has 0 spiro atoms. The molecule has 0 saturated carbocycles. The van der Waals surface area contributed by atoms with Gasteiger partial charge >= 0.3 is 7.12 Å². The SMILES string of the molecule is CC1(C)OB(c2ccc(C(N)=O)cn2)OC1(C)C. The Kier molecular flexibility index (Phi) is 2.95. The van der Waals surface area contributed by atoms with Crippen LogP contribution in [0.5, 0.6) is 0 Å². The van der Waals surface area contributed by atoms with Crippen molar-refractivity contribution >= 4 is 18.6 Å². The van der Waals surface area contributed by atoms with E-state index < -0.39 is 24.2 Å². The summed E-state index contributed by atoms with van der Waals surface area (Å²) in [5, 5.41) is 0. The van der Waals surface area contributed by atoms with Crippen molar-refractivity contribution in [3.05, 3.63) is 23.9 Å². The van der Waals surface area contributed by atoms with Crippen molar-refractivity contribution < 1.29 is 14.1 Å². The third kappa shape index (κ3) is 2.13. The van der Waals surface area contributed by atoms with Crippen LogP contribution < -0.4 is 11.3 Å². The highest BCUT2D eigenvalue weighted by Gasteiger charge is 2.52. The number of hydrogen-bond acceptors (Lipinski definition) is 4. The number of rotatable bonds is 2. The molecule has 1 fully saturated rings. The van der Waals surface area contributed by atoms with Gasteiger partial charge in [-0.3, -0.25) is 9.78 Å². The van der Waals surface area contributed by atoms with Gasteiger partial charge in [0.2, 0.25) is 5.91 Å². The van der Waals surface area contributed by atoms with E-state index in [9.17, 15) is 4.79 Å². The molecule has 1 aliphatic heterocycles. The highest BCUT2D eigenvalue weighted by molar-refractivity contribution is 6.61. The van der Waals surface area contributed by atoms with Crippen molar-refractivity contribution in [2.24, 2.45) is 5.73 Å². The first-order valence-electron chi connectivity index (χ1n) is 5.84. The minimum atomic E-state index is -0.517. The quantitative estimate of drug-likeness (QED) is 0.772. The lowest BCUT2D eigenvalue weighted by atomic mass is 9.84. The highest BCUT2D eigenvalue weighted by Crippen LogP contribution is 2.36. The molecule has 18 heavy (non-hydrogen) atoms. The van der Waals surface area contributed by atoms with Crippen LogP contribution in [0.25, 0.3) is 0 Å². The van der Waals surface area contributed by atoms with Gasteiger partial charge in [-0.2, -0.15) is 0 Å². The Labute approximate surface area is 107 Å². The van der Waals surface area contributed by atoms with Crippen molar-refractivity contribution in [1.82, 2.24) is 4.98 Å². The summed E-state index contributed by atoms with van der Waals surface area (Å²) in [6.07, 6.45) is 1.43. The molecule has 1 aromatic heterocycles. The van der Waals surface area contributed by atoms with Crippen LogP contribution in [0.2, 0.25) is 0 Å². The fraction of sp³-hybridized carbons (Fsp3) is 0.500. The van der Waals surface area contributed by atoms with Crippen molar-refractivity contribution in [2.45, 2.75) is 38.9 Å². The van der Waals surface area contributed by atoms with Crippen molar-refractivity contribution in [3.8, 4) is 0 Å². The summed E-state index contributed by atoms with van der Waals surface area (Å²) in [6.45, 7) is 7.91.